The Morgan fingerprint density at radius 3 is 2.75 bits per heavy atom. The second-order valence-electron chi connectivity index (χ2n) is 4.70. The number of hydrogen-bond donors (Lipinski definition) is 1. The van der Waals surface area contributed by atoms with Gasteiger partial charge in [0.25, 0.3) is 0 Å². The lowest BCUT2D eigenvalue weighted by atomic mass is 10.2. The van der Waals surface area contributed by atoms with Crippen molar-refractivity contribution in [3.8, 4) is 6.07 Å². The average Bonchev–Trinajstić information content (AvgIpc) is 2.36. The average molecular weight is 361 g/mol. The third-order valence-corrected chi connectivity index (χ3v) is 4.84. The number of pyridine rings is 1. The quantitative estimate of drug-likeness (QED) is 0.835. The van der Waals surface area contributed by atoms with Gasteiger partial charge in [0, 0.05) is 30.2 Å². The van der Waals surface area contributed by atoms with Gasteiger partial charge in [-0.15, -0.1) is 0 Å². The van der Waals surface area contributed by atoms with Crippen molar-refractivity contribution >= 4 is 31.8 Å². The maximum atomic E-state index is 12.6. The molecule has 0 spiro atoms. The zero-order chi connectivity index (χ0) is 15.3. The van der Waals surface area contributed by atoms with Crippen molar-refractivity contribution in [1.29, 1.82) is 5.26 Å². The highest BCUT2D eigenvalue weighted by Crippen LogP contribution is 2.24. The Bertz CT molecular complexity index is 610. The molecule has 1 rings (SSSR count). The van der Waals surface area contributed by atoms with Crippen LogP contribution in [0.4, 0.5) is 5.82 Å². The molecule has 0 atom stereocenters. The molecule has 0 bridgehead atoms. The standard InChI is InChI=1S/C12H17BrN4O2S/c1-9(2)8-17(5-3-4-14)20(18,19)11-6-10(13)7-16-12(11)15/h6-7,9H,3,5,8H2,1-2H3,(H2,15,16). The first-order valence-corrected chi connectivity index (χ1v) is 8.30. The first kappa shape index (κ1) is 16.9. The summed E-state index contributed by atoms with van der Waals surface area (Å²) in [6.07, 6.45) is 1.57. The molecule has 6 nitrogen and oxygen atoms in total. The molecule has 110 valence electrons. The van der Waals surface area contributed by atoms with Crippen molar-refractivity contribution in [2.45, 2.75) is 25.2 Å². The molecule has 0 aromatic carbocycles. The number of halogens is 1. The molecule has 0 aliphatic heterocycles. The Labute approximate surface area is 127 Å². The van der Waals surface area contributed by atoms with Crippen LogP contribution in [0.2, 0.25) is 0 Å². The molecule has 0 aliphatic rings. The summed E-state index contributed by atoms with van der Waals surface area (Å²) >= 11 is 3.19. The van der Waals surface area contributed by atoms with Crippen LogP contribution < -0.4 is 5.73 Å². The first-order chi connectivity index (χ1) is 9.28. The molecule has 1 heterocycles. The van der Waals surface area contributed by atoms with Gasteiger partial charge in [-0.05, 0) is 27.9 Å². The summed E-state index contributed by atoms with van der Waals surface area (Å²) in [5.74, 6) is 0.101. The number of rotatable bonds is 6. The number of nitrogen functional groups attached to an aromatic ring is 1. The molecule has 20 heavy (non-hydrogen) atoms. The van der Waals surface area contributed by atoms with Crippen molar-refractivity contribution in [2.75, 3.05) is 18.8 Å². The number of anilines is 1. The van der Waals surface area contributed by atoms with Gasteiger partial charge in [0.1, 0.15) is 10.7 Å². The normalized spacial score (nSPS) is 11.8. The highest BCUT2D eigenvalue weighted by Gasteiger charge is 2.27. The van der Waals surface area contributed by atoms with E-state index in [-0.39, 0.29) is 29.6 Å². The first-order valence-electron chi connectivity index (χ1n) is 6.07. The van der Waals surface area contributed by atoms with E-state index in [0.717, 1.165) is 0 Å². The second-order valence-corrected chi connectivity index (χ2v) is 7.52. The minimum absolute atomic E-state index is 0.0366. The van der Waals surface area contributed by atoms with Gasteiger partial charge in [-0.2, -0.15) is 9.57 Å². The lowest BCUT2D eigenvalue weighted by molar-refractivity contribution is 0.373. The number of nitriles is 1. The minimum atomic E-state index is -3.76. The number of nitrogens with two attached hydrogens (primary N) is 1. The number of hydrogen-bond acceptors (Lipinski definition) is 5. The minimum Gasteiger partial charge on any atom is -0.383 e. The number of aromatic nitrogens is 1. The van der Waals surface area contributed by atoms with Crippen LogP contribution in [0.5, 0.6) is 0 Å². The van der Waals surface area contributed by atoms with Gasteiger partial charge in [-0.3, -0.25) is 0 Å². The van der Waals surface area contributed by atoms with Crippen LogP contribution in [0, 0.1) is 17.2 Å². The van der Waals surface area contributed by atoms with Gasteiger partial charge in [-0.1, -0.05) is 13.8 Å². The SMILES string of the molecule is CC(C)CN(CCC#N)S(=O)(=O)c1cc(Br)cnc1N. The summed E-state index contributed by atoms with van der Waals surface area (Å²) in [4.78, 5) is 3.81. The third-order valence-electron chi connectivity index (χ3n) is 2.51. The maximum absolute atomic E-state index is 12.6. The van der Waals surface area contributed by atoms with Gasteiger partial charge in [0.05, 0.1) is 6.07 Å². The monoisotopic (exact) mass is 360 g/mol. The van der Waals surface area contributed by atoms with Crippen molar-refractivity contribution in [2.24, 2.45) is 5.92 Å². The summed E-state index contributed by atoms with van der Waals surface area (Å²) in [6.45, 7) is 4.30. The van der Waals surface area contributed by atoms with Gasteiger partial charge < -0.3 is 5.73 Å². The molecule has 0 unspecified atom stereocenters. The van der Waals surface area contributed by atoms with Crippen LogP contribution in [0.3, 0.4) is 0 Å². The van der Waals surface area contributed by atoms with Crippen LogP contribution in [0.1, 0.15) is 20.3 Å². The Morgan fingerprint density at radius 1 is 1.55 bits per heavy atom. The van der Waals surface area contributed by atoms with Crippen LogP contribution in [0.25, 0.3) is 0 Å². The van der Waals surface area contributed by atoms with Gasteiger partial charge in [-0.25, -0.2) is 13.4 Å². The highest BCUT2D eigenvalue weighted by atomic mass is 79.9. The Balaban J connectivity index is 3.21. The molecule has 8 heteroatoms. The third kappa shape index (κ3) is 4.16. The molecule has 2 N–H and O–H groups in total. The molecule has 0 amide bonds. The summed E-state index contributed by atoms with van der Waals surface area (Å²) in [6, 6.07) is 3.39. The molecule has 0 saturated carbocycles. The Morgan fingerprint density at radius 2 is 2.20 bits per heavy atom. The van der Waals surface area contributed by atoms with Crippen LogP contribution >= 0.6 is 15.9 Å². The van der Waals surface area contributed by atoms with Gasteiger partial charge in [0.15, 0.2) is 0 Å². The van der Waals surface area contributed by atoms with Gasteiger partial charge in [0.2, 0.25) is 10.0 Å². The lowest BCUT2D eigenvalue weighted by Gasteiger charge is -2.23. The van der Waals surface area contributed by atoms with E-state index in [1.807, 2.05) is 19.9 Å². The summed E-state index contributed by atoms with van der Waals surface area (Å²) in [7, 11) is -3.76. The van der Waals surface area contributed by atoms with Crippen LogP contribution in [0.15, 0.2) is 21.6 Å². The molecular weight excluding hydrogens is 344 g/mol. The fourth-order valence-corrected chi connectivity index (χ4v) is 3.85. The fourth-order valence-electron chi connectivity index (χ4n) is 1.67. The van der Waals surface area contributed by atoms with Gasteiger partial charge >= 0.3 is 0 Å². The second kappa shape index (κ2) is 7.02. The van der Waals surface area contributed by atoms with E-state index in [0.29, 0.717) is 11.0 Å². The number of nitrogens with zero attached hydrogens (tertiary/aromatic N) is 3. The summed E-state index contributed by atoms with van der Waals surface area (Å²) in [5.41, 5.74) is 5.67. The molecular formula is C12H17BrN4O2S. The van der Waals surface area contributed by atoms with E-state index in [4.69, 9.17) is 11.0 Å². The van der Waals surface area contributed by atoms with E-state index in [1.54, 1.807) is 0 Å². The van der Waals surface area contributed by atoms with E-state index < -0.39 is 10.0 Å². The van der Waals surface area contributed by atoms with E-state index in [2.05, 4.69) is 20.9 Å². The van der Waals surface area contributed by atoms with Crippen LogP contribution in [-0.4, -0.2) is 30.8 Å². The molecule has 0 fully saturated rings. The van der Waals surface area contributed by atoms with E-state index in [1.165, 1.54) is 16.6 Å². The largest absolute Gasteiger partial charge is 0.383 e. The van der Waals surface area contributed by atoms with Crippen LogP contribution in [-0.2, 0) is 10.0 Å². The topological polar surface area (TPSA) is 100 Å². The molecule has 1 aromatic rings. The van der Waals surface area contributed by atoms with E-state index in [9.17, 15) is 8.42 Å². The van der Waals surface area contributed by atoms with E-state index >= 15 is 0 Å². The fraction of sp³-hybridized carbons (Fsp3) is 0.500. The predicted molar refractivity (Wildman–Crippen MR) is 80.2 cm³/mol. The molecule has 1 aromatic heterocycles. The Hall–Kier alpha value is -1.17. The zero-order valence-electron chi connectivity index (χ0n) is 11.4. The Kier molecular flexibility index (Phi) is 5.92. The lowest BCUT2D eigenvalue weighted by Crippen LogP contribution is -2.35. The summed E-state index contributed by atoms with van der Waals surface area (Å²) < 4.78 is 27.1. The summed E-state index contributed by atoms with van der Waals surface area (Å²) in [5, 5.41) is 8.67. The van der Waals surface area contributed by atoms with Crippen molar-refractivity contribution in [3.05, 3.63) is 16.7 Å². The van der Waals surface area contributed by atoms with Crippen molar-refractivity contribution in [3.63, 3.8) is 0 Å². The smallest absolute Gasteiger partial charge is 0.246 e. The zero-order valence-corrected chi connectivity index (χ0v) is 13.8. The molecule has 0 radical (unpaired) electrons. The molecule has 0 aliphatic carbocycles. The number of sulfonamides is 1. The predicted octanol–water partition coefficient (Wildman–Crippen LogP) is 1.99. The van der Waals surface area contributed by atoms with Crippen molar-refractivity contribution in [1.82, 2.24) is 9.29 Å². The van der Waals surface area contributed by atoms with Crippen molar-refractivity contribution < 1.29 is 8.42 Å². The highest BCUT2D eigenvalue weighted by molar-refractivity contribution is 9.10. The molecule has 0 saturated heterocycles. The maximum Gasteiger partial charge on any atom is 0.246 e.